The van der Waals surface area contributed by atoms with Gasteiger partial charge in [-0.2, -0.15) is 8.78 Å². The number of ether oxygens (including phenoxy) is 1. The van der Waals surface area contributed by atoms with E-state index in [1.165, 1.54) is 18.2 Å². The molecule has 1 aromatic rings. The number of benzene rings is 1. The molecular formula is C14H21F2NO2S. The average molecular weight is 305 g/mol. The zero-order valence-corrected chi connectivity index (χ0v) is 13.2. The smallest absolute Gasteiger partial charge is 0.320 e. The van der Waals surface area contributed by atoms with Crippen molar-refractivity contribution < 1.29 is 17.7 Å². The molecule has 1 unspecified atom stereocenters. The first-order chi connectivity index (χ1) is 9.08. The number of hydrogen-bond donors (Lipinski definition) is 1. The first kappa shape index (κ1) is 17.2. The quantitative estimate of drug-likeness (QED) is 0.904. The molecule has 1 N–H and O–H groups in total. The van der Waals surface area contributed by atoms with E-state index in [2.05, 4.69) is 9.46 Å². The Morgan fingerprint density at radius 1 is 1.30 bits per heavy atom. The Balaban J connectivity index is 2.93. The largest absolute Gasteiger partial charge is 0.383 e. The predicted octanol–water partition coefficient (Wildman–Crippen LogP) is 3.50. The number of nitrogens with one attached hydrogen (secondary N) is 1. The van der Waals surface area contributed by atoms with E-state index in [-0.39, 0.29) is 11.6 Å². The van der Waals surface area contributed by atoms with Crippen molar-refractivity contribution in [2.45, 2.75) is 44.6 Å². The molecule has 0 fully saturated rings. The highest BCUT2D eigenvalue weighted by Gasteiger charge is 2.31. The van der Waals surface area contributed by atoms with Gasteiger partial charge in [0.25, 0.3) is 0 Å². The van der Waals surface area contributed by atoms with Crippen LogP contribution in [0, 0.1) is 0 Å². The van der Waals surface area contributed by atoms with Gasteiger partial charge < -0.3 is 4.74 Å². The van der Waals surface area contributed by atoms with E-state index >= 15 is 0 Å². The van der Waals surface area contributed by atoms with Gasteiger partial charge in [0, 0.05) is 13.2 Å². The molecule has 6 heteroatoms. The second-order valence-electron chi connectivity index (χ2n) is 5.57. The van der Waals surface area contributed by atoms with Crippen molar-refractivity contribution in [1.29, 1.82) is 0 Å². The Kier molecular flexibility index (Phi) is 5.40. The molecule has 1 aromatic carbocycles. The number of alkyl halides is 2. The molecule has 0 heterocycles. The Morgan fingerprint density at radius 3 is 2.40 bits per heavy atom. The summed E-state index contributed by atoms with van der Waals surface area (Å²) in [6.07, 6.45) is -3.32. The summed E-state index contributed by atoms with van der Waals surface area (Å²) in [6.45, 7) is 7.32. The summed E-state index contributed by atoms with van der Waals surface area (Å²) in [5.74, 6) is 0. The number of methoxy groups -OCH3 is 1. The van der Waals surface area contributed by atoms with Crippen molar-refractivity contribution in [2.75, 3.05) is 7.11 Å². The van der Waals surface area contributed by atoms with Crippen LogP contribution < -0.4 is 4.72 Å². The van der Waals surface area contributed by atoms with E-state index in [9.17, 15) is 13.0 Å². The normalized spacial score (nSPS) is 15.9. The van der Waals surface area contributed by atoms with Gasteiger partial charge in [0.2, 0.25) is 0 Å². The summed E-state index contributed by atoms with van der Waals surface area (Å²) < 4.78 is 45.7. The van der Waals surface area contributed by atoms with Crippen molar-refractivity contribution in [3.8, 4) is 0 Å². The fourth-order valence-electron chi connectivity index (χ4n) is 1.51. The van der Waals surface area contributed by atoms with E-state index in [4.69, 9.17) is 0 Å². The maximum absolute atomic E-state index is 13.5. The highest BCUT2D eigenvalue weighted by molar-refractivity contribution is 7.84. The maximum Gasteiger partial charge on any atom is 0.383 e. The fraction of sp³-hybridized carbons (Fsp3) is 0.571. The third-order valence-corrected chi connectivity index (χ3v) is 4.50. The highest BCUT2D eigenvalue weighted by Crippen LogP contribution is 2.30. The van der Waals surface area contributed by atoms with Crippen LogP contribution in [0.25, 0.3) is 0 Å². The molecule has 0 spiro atoms. The maximum atomic E-state index is 13.5. The average Bonchev–Trinajstić information content (AvgIpc) is 2.37. The Bertz CT molecular complexity index is 486. The van der Waals surface area contributed by atoms with Crippen molar-refractivity contribution in [1.82, 2.24) is 4.72 Å². The molecule has 0 aromatic heterocycles. The monoisotopic (exact) mass is 305 g/mol. The number of hydrogen-bond acceptors (Lipinski definition) is 2. The van der Waals surface area contributed by atoms with Crippen LogP contribution in [-0.4, -0.2) is 16.1 Å². The minimum atomic E-state index is -3.32. The minimum Gasteiger partial charge on any atom is -0.320 e. The number of rotatable bonds is 5. The van der Waals surface area contributed by atoms with Crippen molar-refractivity contribution >= 4 is 11.0 Å². The van der Waals surface area contributed by atoms with Gasteiger partial charge >= 0.3 is 6.11 Å². The first-order valence-corrected chi connectivity index (χ1v) is 7.44. The van der Waals surface area contributed by atoms with E-state index in [1.807, 2.05) is 20.8 Å². The molecule has 114 valence electrons. The zero-order chi connectivity index (χ0) is 15.6. The van der Waals surface area contributed by atoms with Crippen LogP contribution in [0.3, 0.4) is 0 Å². The second kappa shape index (κ2) is 6.28. The first-order valence-electron chi connectivity index (χ1n) is 6.29. The lowest BCUT2D eigenvalue weighted by Crippen LogP contribution is -2.34. The van der Waals surface area contributed by atoms with Gasteiger partial charge in [-0.25, -0.2) is 8.93 Å². The fourth-order valence-corrected chi connectivity index (χ4v) is 2.32. The summed E-state index contributed by atoms with van der Waals surface area (Å²) in [7, 11) is -0.305. The Hall–Kier alpha value is -0.850. The van der Waals surface area contributed by atoms with Crippen LogP contribution in [0.1, 0.15) is 44.9 Å². The lowest BCUT2D eigenvalue weighted by molar-refractivity contribution is -0.231. The van der Waals surface area contributed by atoms with Gasteiger partial charge in [0.15, 0.2) is 0 Å². The van der Waals surface area contributed by atoms with Gasteiger partial charge in [-0.1, -0.05) is 18.2 Å². The Labute approximate surface area is 121 Å². The van der Waals surface area contributed by atoms with Crippen molar-refractivity contribution in [3.63, 3.8) is 0 Å². The molecule has 0 bridgehead atoms. The van der Waals surface area contributed by atoms with Crippen LogP contribution in [0.15, 0.2) is 24.3 Å². The van der Waals surface area contributed by atoms with Gasteiger partial charge in [0.05, 0.1) is 21.3 Å². The topological polar surface area (TPSA) is 38.3 Å². The number of halogens is 2. The van der Waals surface area contributed by atoms with Crippen LogP contribution in [-0.2, 0) is 21.8 Å². The van der Waals surface area contributed by atoms with Crippen LogP contribution >= 0.6 is 0 Å². The molecule has 1 rings (SSSR count). The summed E-state index contributed by atoms with van der Waals surface area (Å²) in [5, 5.41) is 0. The third kappa shape index (κ3) is 4.33. The summed E-state index contributed by atoms with van der Waals surface area (Å²) in [4.78, 5) is 0. The molecule has 3 nitrogen and oxygen atoms in total. The van der Waals surface area contributed by atoms with E-state index in [1.54, 1.807) is 13.0 Å². The molecule has 20 heavy (non-hydrogen) atoms. The molecule has 0 saturated carbocycles. The SMILES string of the molecule is COC(F)(F)c1cccc([C@@H](C)NS(=O)C(C)(C)C)c1. The van der Waals surface area contributed by atoms with E-state index in [0.29, 0.717) is 5.56 Å². The second-order valence-corrected chi connectivity index (χ2v) is 7.56. The molecule has 0 saturated heterocycles. The lowest BCUT2D eigenvalue weighted by atomic mass is 10.1. The van der Waals surface area contributed by atoms with Crippen LogP contribution in [0.2, 0.25) is 0 Å². The van der Waals surface area contributed by atoms with Crippen molar-refractivity contribution in [3.05, 3.63) is 35.4 Å². The summed E-state index contributed by atoms with van der Waals surface area (Å²) in [6, 6.07) is 5.62. The molecule has 0 aliphatic rings. The van der Waals surface area contributed by atoms with E-state index < -0.39 is 21.8 Å². The van der Waals surface area contributed by atoms with Crippen LogP contribution in [0.4, 0.5) is 8.78 Å². The molecule has 0 aliphatic carbocycles. The van der Waals surface area contributed by atoms with Crippen LogP contribution in [0.5, 0.6) is 0 Å². The lowest BCUT2D eigenvalue weighted by Gasteiger charge is -2.23. The third-order valence-electron chi connectivity index (χ3n) is 2.82. The zero-order valence-electron chi connectivity index (χ0n) is 12.4. The van der Waals surface area contributed by atoms with E-state index in [0.717, 1.165) is 7.11 Å². The molecule has 0 amide bonds. The molecular weight excluding hydrogens is 284 g/mol. The Morgan fingerprint density at radius 2 is 1.90 bits per heavy atom. The standard InChI is InChI=1S/C14H21F2NO2S/c1-10(17-20(18)13(2,3)4)11-7-6-8-12(9-11)14(15,16)19-5/h6-10,17H,1-5H3/t10-,20?/m1/s1. The summed E-state index contributed by atoms with van der Waals surface area (Å²) in [5.41, 5.74) is 0.421. The van der Waals surface area contributed by atoms with Gasteiger partial charge in [0.1, 0.15) is 0 Å². The predicted molar refractivity (Wildman–Crippen MR) is 76.8 cm³/mol. The van der Waals surface area contributed by atoms with Gasteiger partial charge in [-0.15, -0.1) is 0 Å². The van der Waals surface area contributed by atoms with Gasteiger partial charge in [-0.05, 0) is 39.3 Å². The van der Waals surface area contributed by atoms with Gasteiger partial charge in [-0.3, -0.25) is 0 Å². The molecule has 0 aliphatic heterocycles. The molecule has 2 atom stereocenters. The molecule has 0 radical (unpaired) electrons. The summed E-state index contributed by atoms with van der Waals surface area (Å²) >= 11 is 0. The van der Waals surface area contributed by atoms with Crippen molar-refractivity contribution in [2.24, 2.45) is 0 Å². The minimum absolute atomic E-state index is 0.215. The highest BCUT2D eigenvalue weighted by atomic mass is 32.2.